The van der Waals surface area contributed by atoms with Gasteiger partial charge in [-0.05, 0) is 32.1 Å². The van der Waals surface area contributed by atoms with Crippen molar-refractivity contribution in [2.45, 2.75) is 238 Å². The van der Waals surface area contributed by atoms with Crippen molar-refractivity contribution in [1.29, 1.82) is 0 Å². The summed E-state index contributed by atoms with van der Waals surface area (Å²) in [7, 11) is -4.76. The van der Waals surface area contributed by atoms with Gasteiger partial charge in [-0.15, -0.1) is 0 Å². The number of carbonyl (C=O) groups is 2. The molecule has 0 heterocycles. The van der Waals surface area contributed by atoms with E-state index < -0.39 is 32.5 Å². The maximum Gasteiger partial charge on any atom is 0.469 e. The predicted octanol–water partition coefficient (Wildman–Crippen LogP) is 14.0. The van der Waals surface area contributed by atoms with Crippen LogP contribution in [0.4, 0.5) is 0 Å². The highest BCUT2D eigenvalue weighted by atomic mass is 31.2. The van der Waals surface area contributed by atoms with Crippen LogP contribution in [0, 0.1) is 0 Å². The van der Waals surface area contributed by atoms with Crippen LogP contribution in [-0.2, 0) is 28.2 Å². The third-order valence-electron chi connectivity index (χ3n) is 9.99. The highest BCUT2D eigenvalue weighted by Crippen LogP contribution is 2.36. The van der Waals surface area contributed by atoms with E-state index in [4.69, 9.17) is 19.3 Å². The van der Waals surface area contributed by atoms with Crippen molar-refractivity contribution in [3.63, 3.8) is 0 Å². The Hall–Kier alpha value is -1.47. The van der Waals surface area contributed by atoms with Gasteiger partial charge in [0.2, 0.25) is 0 Å². The number of ether oxygens (including phenoxy) is 2. The Morgan fingerprint density at radius 3 is 1.30 bits per heavy atom. The first-order valence-corrected chi connectivity index (χ1v) is 24.2. The number of rotatable bonds is 42. The highest BCUT2D eigenvalue weighted by Gasteiger charge is 2.22. The van der Waals surface area contributed by atoms with Crippen molar-refractivity contribution >= 4 is 19.8 Å². The summed E-state index contributed by atoms with van der Waals surface area (Å²) < 4.78 is 26.3. The molecule has 1 unspecified atom stereocenters. The molecule has 9 heteroatoms. The second-order valence-electron chi connectivity index (χ2n) is 15.4. The van der Waals surface area contributed by atoms with Crippen LogP contribution < -0.4 is 0 Å². The van der Waals surface area contributed by atoms with Gasteiger partial charge in [-0.25, -0.2) is 4.57 Å². The van der Waals surface area contributed by atoms with Gasteiger partial charge in [0, 0.05) is 12.8 Å². The molecule has 0 aromatic heterocycles. The molecule has 2 N–H and O–H groups in total. The smallest absolute Gasteiger partial charge is 0.462 e. The van der Waals surface area contributed by atoms with Crippen LogP contribution in [-0.4, -0.2) is 41.0 Å². The number of hydrogen-bond acceptors (Lipinski definition) is 6. The minimum atomic E-state index is -4.76. The van der Waals surface area contributed by atoms with E-state index in [1.807, 2.05) is 12.2 Å². The lowest BCUT2D eigenvalue weighted by Gasteiger charge is -2.18. The van der Waals surface area contributed by atoms with Gasteiger partial charge in [0.15, 0.2) is 6.10 Å². The van der Waals surface area contributed by atoms with Crippen LogP contribution in [0.1, 0.15) is 232 Å². The summed E-state index contributed by atoms with van der Waals surface area (Å²) in [5.74, 6) is -0.952. The Balaban J connectivity index is 3.82. The SMILES string of the molecule is CCCCCCCC/C=C/C/C=C/CCC(=O)OC(COC(=O)CCCCCCCCCCCCCCCCCCCCCCCCC)COP(=O)(O)O. The summed E-state index contributed by atoms with van der Waals surface area (Å²) in [6.07, 6.45) is 47.9. The molecular weight excluding hydrogens is 699 g/mol. The van der Waals surface area contributed by atoms with Gasteiger partial charge in [0.1, 0.15) is 6.61 Å². The molecule has 0 bridgehead atoms. The van der Waals surface area contributed by atoms with Gasteiger partial charge in [0.25, 0.3) is 0 Å². The summed E-state index contributed by atoms with van der Waals surface area (Å²) in [5, 5.41) is 0. The van der Waals surface area contributed by atoms with E-state index >= 15 is 0 Å². The van der Waals surface area contributed by atoms with E-state index in [9.17, 15) is 14.2 Å². The molecular formula is C45H85O8P. The van der Waals surface area contributed by atoms with Gasteiger partial charge in [-0.1, -0.05) is 212 Å². The van der Waals surface area contributed by atoms with E-state index in [-0.39, 0.29) is 19.4 Å². The van der Waals surface area contributed by atoms with Crippen molar-refractivity contribution < 1.29 is 37.9 Å². The zero-order chi connectivity index (χ0) is 39.6. The van der Waals surface area contributed by atoms with Crippen LogP contribution in [0.3, 0.4) is 0 Å². The molecule has 1 atom stereocenters. The van der Waals surface area contributed by atoms with Crippen LogP contribution in [0.15, 0.2) is 24.3 Å². The molecule has 0 saturated carbocycles. The Labute approximate surface area is 332 Å². The quantitative estimate of drug-likeness (QED) is 0.0272. The highest BCUT2D eigenvalue weighted by molar-refractivity contribution is 7.46. The van der Waals surface area contributed by atoms with Crippen molar-refractivity contribution in [2.24, 2.45) is 0 Å². The Bertz CT molecular complexity index is 931. The second-order valence-corrected chi connectivity index (χ2v) is 16.6. The van der Waals surface area contributed by atoms with E-state index in [2.05, 4.69) is 30.5 Å². The zero-order valence-corrected chi connectivity index (χ0v) is 36.0. The van der Waals surface area contributed by atoms with Crippen molar-refractivity contribution in [3.8, 4) is 0 Å². The molecule has 318 valence electrons. The fraction of sp³-hybridized carbons (Fsp3) is 0.867. The summed E-state index contributed by atoms with van der Waals surface area (Å²) >= 11 is 0. The third-order valence-corrected chi connectivity index (χ3v) is 10.5. The lowest BCUT2D eigenvalue weighted by atomic mass is 10.0. The molecule has 54 heavy (non-hydrogen) atoms. The normalized spacial score (nSPS) is 12.6. The minimum Gasteiger partial charge on any atom is -0.462 e. The predicted molar refractivity (Wildman–Crippen MR) is 225 cm³/mol. The molecule has 0 aromatic rings. The van der Waals surface area contributed by atoms with Crippen LogP contribution in [0.2, 0.25) is 0 Å². The fourth-order valence-electron chi connectivity index (χ4n) is 6.60. The molecule has 0 aliphatic carbocycles. The Morgan fingerprint density at radius 2 is 0.870 bits per heavy atom. The van der Waals surface area contributed by atoms with E-state index in [1.165, 1.54) is 167 Å². The average Bonchev–Trinajstić information content (AvgIpc) is 3.14. The van der Waals surface area contributed by atoms with Crippen molar-refractivity contribution in [2.75, 3.05) is 13.2 Å². The van der Waals surface area contributed by atoms with Crippen LogP contribution in [0.5, 0.6) is 0 Å². The topological polar surface area (TPSA) is 119 Å². The number of phosphoric acid groups is 1. The van der Waals surface area contributed by atoms with Gasteiger partial charge in [0.05, 0.1) is 6.61 Å². The first kappa shape index (κ1) is 52.5. The van der Waals surface area contributed by atoms with Crippen LogP contribution >= 0.6 is 7.82 Å². The summed E-state index contributed by atoms with van der Waals surface area (Å²) in [4.78, 5) is 42.8. The lowest BCUT2D eigenvalue weighted by molar-refractivity contribution is -0.161. The summed E-state index contributed by atoms with van der Waals surface area (Å²) in [5.41, 5.74) is 0. The van der Waals surface area contributed by atoms with Crippen molar-refractivity contribution in [1.82, 2.24) is 0 Å². The largest absolute Gasteiger partial charge is 0.469 e. The standard InChI is InChI=1S/C45H85O8P/c1-3-5-7-9-11-13-15-17-18-19-20-21-22-23-24-25-26-28-29-31-33-35-37-39-44(46)51-41-43(42-52-54(48,49)50)53-45(47)40-38-36-34-32-30-27-16-14-12-10-8-6-4-2/h27,30,34,36,43H,3-26,28-29,31-33,35,37-42H2,1-2H3,(H2,48,49,50)/b30-27+,36-34+. The molecule has 0 amide bonds. The Kier molecular flexibility index (Phi) is 40.1. The molecule has 0 radical (unpaired) electrons. The monoisotopic (exact) mass is 785 g/mol. The molecule has 0 rings (SSSR count). The number of phosphoric ester groups is 1. The first-order chi connectivity index (χ1) is 26.3. The van der Waals surface area contributed by atoms with E-state index in [0.29, 0.717) is 6.42 Å². The lowest BCUT2D eigenvalue weighted by Crippen LogP contribution is -2.29. The Morgan fingerprint density at radius 1 is 0.481 bits per heavy atom. The number of hydrogen-bond donors (Lipinski definition) is 2. The third kappa shape index (κ3) is 43.3. The average molecular weight is 785 g/mol. The number of unbranched alkanes of at least 4 members (excludes halogenated alkanes) is 28. The molecule has 0 aliphatic heterocycles. The van der Waals surface area contributed by atoms with Gasteiger partial charge in [-0.2, -0.15) is 0 Å². The molecule has 0 spiro atoms. The number of allylic oxidation sites excluding steroid dienone is 4. The number of carbonyl (C=O) groups excluding carboxylic acids is 2. The summed E-state index contributed by atoms with van der Waals surface area (Å²) in [6.45, 7) is 3.65. The summed E-state index contributed by atoms with van der Waals surface area (Å²) in [6, 6.07) is 0. The van der Waals surface area contributed by atoms with Gasteiger partial charge < -0.3 is 19.3 Å². The molecule has 0 aliphatic rings. The maximum atomic E-state index is 12.3. The molecule has 0 aromatic carbocycles. The van der Waals surface area contributed by atoms with Crippen LogP contribution in [0.25, 0.3) is 0 Å². The maximum absolute atomic E-state index is 12.3. The van der Waals surface area contributed by atoms with E-state index in [0.717, 1.165) is 32.1 Å². The minimum absolute atomic E-state index is 0.109. The van der Waals surface area contributed by atoms with Gasteiger partial charge in [-0.3, -0.25) is 14.1 Å². The van der Waals surface area contributed by atoms with Crippen molar-refractivity contribution in [3.05, 3.63) is 24.3 Å². The van der Waals surface area contributed by atoms with Gasteiger partial charge >= 0.3 is 19.8 Å². The first-order valence-electron chi connectivity index (χ1n) is 22.6. The zero-order valence-electron chi connectivity index (χ0n) is 35.1. The fourth-order valence-corrected chi connectivity index (χ4v) is 6.97. The number of esters is 2. The molecule has 0 fully saturated rings. The molecule has 8 nitrogen and oxygen atoms in total. The second kappa shape index (κ2) is 41.2. The molecule has 0 saturated heterocycles. The van der Waals surface area contributed by atoms with E-state index in [1.54, 1.807) is 0 Å².